The third kappa shape index (κ3) is 3.82. The molecule has 0 saturated carbocycles. The summed E-state index contributed by atoms with van der Waals surface area (Å²) in [5.74, 6) is -4.54. The number of rotatable bonds is 3. The van der Waals surface area contributed by atoms with Crippen LogP contribution in [0.1, 0.15) is 48.6 Å². The van der Waals surface area contributed by atoms with Gasteiger partial charge in [0.1, 0.15) is 17.3 Å². The van der Waals surface area contributed by atoms with Crippen molar-refractivity contribution in [2.75, 3.05) is 19.2 Å². The molecule has 3 aliphatic carbocycles. The van der Waals surface area contributed by atoms with Crippen molar-refractivity contribution in [2.24, 2.45) is 0 Å². The van der Waals surface area contributed by atoms with Gasteiger partial charge in [0.05, 0.1) is 42.2 Å². The maximum absolute atomic E-state index is 14.4. The molecule has 12 heteroatoms. The first-order chi connectivity index (χ1) is 22.1. The summed E-state index contributed by atoms with van der Waals surface area (Å²) in [6.07, 6.45) is 0.905. The standard InChI is InChI=1S/C34H24N2O10/c1-14-20(37)12-19-24(31(14)46-34(43)45-3)30(41)26-25(27(19)38)29(40)23-18(32(26)44-2)10-9-15-11-16-13-35-36(17-7-5-4-6-8-17)33(42)22(16)28(39)21(15)23/h4-8,11-13,35,37,39H,9-10H2,1-3H3. The number of Topliss-reactive ketones (excluding diaryl/α,β-unsaturated/α-hetero) is 3. The number of fused-ring (bicyclic) bond motifs is 4. The van der Waals surface area contributed by atoms with Gasteiger partial charge in [0.25, 0.3) is 5.91 Å². The molecule has 3 N–H and O–H groups in total. The van der Waals surface area contributed by atoms with Crippen molar-refractivity contribution < 1.29 is 48.4 Å². The van der Waals surface area contributed by atoms with E-state index in [9.17, 15) is 34.2 Å². The van der Waals surface area contributed by atoms with E-state index in [1.54, 1.807) is 42.6 Å². The summed E-state index contributed by atoms with van der Waals surface area (Å²) in [6.45, 7) is 1.39. The largest absolute Gasteiger partial charge is 0.513 e. The van der Waals surface area contributed by atoms with Crippen molar-refractivity contribution in [3.63, 3.8) is 0 Å². The highest BCUT2D eigenvalue weighted by Gasteiger charge is 2.47. The van der Waals surface area contributed by atoms with Gasteiger partial charge in [-0.25, -0.2) is 9.80 Å². The van der Waals surface area contributed by atoms with E-state index in [0.717, 1.165) is 13.2 Å². The summed E-state index contributed by atoms with van der Waals surface area (Å²) in [5, 5.41) is 24.0. The molecule has 1 aliphatic heterocycles. The second-order valence-electron chi connectivity index (χ2n) is 10.9. The van der Waals surface area contributed by atoms with Gasteiger partial charge in [-0.1, -0.05) is 18.2 Å². The van der Waals surface area contributed by atoms with Crippen molar-refractivity contribution in [1.29, 1.82) is 0 Å². The molecule has 46 heavy (non-hydrogen) atoms. The minimum absolute atomic E-state index is 0.00263. The first-order valence-corrected chi connectivity index (χ1v) is 14.1. The number of anilines is 1. The number of aryl methyl sites for hydroxylation is 1. The molecule has 1 heterocycles. The molecule has 0 atom stereocenters. The summed E-state index contributed by atoms with van der Waals surface area (Å²) in [6, 6.07) is 11.5. The first-order valence-electron chi connectivity index (χ1n) is 14.1. The topological polar surface area (TPSA) is 169 Å². The average Bonchev–Trinajstić information content (AvgIpc) is 3.05. The zero-order valence-corrected chi connectivity index (χ0v) is 24.6. The van der Waals surface area contributed by atoms with Crippen LogP contribution in [0, 0.1) is 6.92 Å². The van der Waals surface area contributed by atoms with Crippen LogP contribution >= 0.6 is 0 Å². The van der Waals surface area contributed by atoms with Crippen LogP contribution in [0.2, 0.25) is 0 Å². The zero-order valence-electron chi connectivity index (χ0n) is 24.6. The van der Waals surface area contributed by atoms with Crippen LogP contribution in [-0.4, -0.2) is 53.8 Å². The summed E-state index contributed by atoms with van der Waals surface area (Å²) >= 11 is 0. The van der Waals surface area contributed by atoms with E-state index in [2.05, 4.69) is 10.2 Å². The van der Waals surface area contributed by atoms with Gasteiger partial charge in [0.2, 0.25) is 5.78 Å². The van der Waals surface area contributed by atoms with Gasteiger partial charge >= 0.3 is 6.16 Å². The van der Waals surface area contributed by atoms with E-state index in [4.69, 9.17) is 9.47 Å². The number of benzene rings is 3. The molecule has 0 spiro atoms. The van der Waals surface area contributed by atoms with E-state index in [1.165, 1.54) is 19.0 Å². The molecule has 0 radical (unpaired) electrons. The molecule has 12 nitrogen and oxygen atoms in total. The predicted octanol–water partition coefficient (Wildman–Crippen LogP) is 2.41. The molecule has 0 bridgehead atoms. The Kier molecular flexibility index (Phi) is 6.34. The van der Waals surface area contributed by atoms with Crippen LogP contribution in [0.5, 0.6) is 17.2 Å². The Morgan fingerprint density at radius 1 is 0.891 bits per heavy atom. The number of hydrazine groups is 1. The maximum Gasteiger partial charge on any atom is 0.513 e. The van der Waals surface area contributed by atoms with Crippen LogP contribution in [0.3, 0.4) is 0 Å². The lowest BCUT2D eigenvalue weighted by Crippen LogP contribution is -2.48. The number of phenolic OH excluding ortho intramolecular Hbond substituents is 2. The van der Waals surface area contributed by atoms with Crippen LogP contribution in [0.15, 0.2) is 64.9 Å². The Morgan fingerprint density at radius 3 is 2.33 bits per heavy atom. The maximum atomic E-state index is 14.4. The Hall–Kier alpha value is -6.17. The van der Waals surface area contributed by atoms with Gasteiger partial charge in [-0.2, -0.15) is 0 Å². The van der Waals surface area contributed by atoms with Crippen molar-refractivity contribution in [1.82, 2.24) is 5.43 Å². The summed E-state index contributed by atoms with van der Waals surface area (Å²) in [4.78, 5) is 68.3. The fourth-order valence-electron chi connectivity index (χ4n) is 6.47. The van der Waals surface area contributed by atoms with Crippen LogP contribution in [0.4, 0.5) is 10.5 Å². The minimum atomic E-state index is -1.19. The Balaban J connectivity index is 1.47. The number of ketones is 3. The first kappa shape index (κ1) is 28.6. The van der Waals surface area contributed by atoms with Gasteiger partial charge in [0.15, 0.2) is 17.3 Å². The second-order valence-corrected chi connectivity index (χ2v) is 10.9. The molecule has 0 aromatic heterocycles. The lowest BCUT2D eigenvalue weighted by Gasteiger charge is -2.32. The van der Waals surface area contributed by atoms with Crippen LogP contribution in [-0.2, 0) is 20.7 Å². The van der Waals surface area contributed by atoms with Crippen molar-refractivity contribution >= 4 is 46.9 Å². The predicted molar refractivity (Wildman–Crippen MR) is 161 cm³/mol. The molecule has 0 saturated heterocycles. The third-order valence-corrected chi connectivity index (χ3v) is 8.58. The normalized spacial score (nSPS) is 16.5. The fourth-order valence-corrected chi connectivity index (χ4v) is 6.47. The number of allylic oxidation sites excluding steroid dienone is 3. The highest BCUT2D eigenvalue weighted by Crippen LogP contribution is 2.46. The molecular weight excluding hydrogens is 596 g/mol. The Bertz CT molecular complexity index is 2190. The summed E-state index contributed by atoms with van der Waals surface area (Å²) < 4.78 is 15.5. The SMILES string of the molecule is COC(=O)Oc1c(C)c(O)cc2c1C(=O)C1=C(C(=O)C3=c4c(cc5c(c4O)C(=O)N(c4ccccc4)NC=5)CCC3=C1OC)C2=O. The fraction of sp³-hybridized carbons (Fsp3) is 0.147. The van der Waals surface area contributed by atoms with Gasteiger partial charge in [-0.15, -0.1) is 0 Å². The van der Waals surface area contributed by atoms with E-state index in [-0.39, 0.29) is 62.1 Å². The van der Waals surface area contributed by atoms with Gasteiger partial charge in [0, 0.05) is 38.9 Å². The summed E-state index contributed by atoms with van der Waals surface area (Å²) in [7, 11) is 2.34. The molecule has 4 aliphatic rings. The number of methoxy groups -OCH3 is 2. The number of phenols is 2. The number of hydrogen-bond donors (Lipinski definition) is 3. The summed E-state index contributed by atoms with van der Waals surface area (Å²) in [5.41, 5.74) is 2.61. The molecule has 3 aromatic carbocycles. The van der Waals surface area contributed by atoms with Crippen LogP contribution < -0.4 is 25.6 Å². The number of hydrogen-bond acceptors (Lipinski definition) is 11. The zero-order chi connectivity index (χ0) is 32.6. The smallest absolute Gasteiger partial charge is 0.508 e. The number of ether oxygens (including phenoxy) is 3. The number of carbonyl (C=O) groups excluding carboxylic acids is 5. The number of amides is 1. The molecule has 0 unspecified atom stereocenters. The second kappa shape index (κ2) is 10.2. The number of para-hydroxylation sites is 1. The average molecular weight is 621 g/mol. The molecule has 1 amide bonds. The molecule has 230 valence electrons. The Labute approximate surface area is 260 Å². The van der Waals surface area contributed by atoms with Gasteiger partial charge in [-0.3, -0.25) is 24.6 Å². The highest BCUT2D eigenvalue weighted by molar-refractivity contribution is 6.48. The molecule has 7 rings (SSSR count). The van der Waals surface area contributed by atoms with Crippen LogP contribution in [0.25, 0.3) is 11.8 Å². The van der Waals surface area contributed by atoms with Gasteiger partial charge < -0.3 is 24.4 Å². The molecule has 0 fully saturated rings. The molecular formula is C34H24N2O10. The lowest BCUT2D eigenvalue weighted by atomic mass is 9.71. The van der Waals surface area contributed by atoms with Gasteiger partial charge in [-0.05, 0) is 49.6 Å². The Morgan fingerprint density at radius 2 is 1.63 bits per heavy atom. The molecule has 3 aromatic rings. The number of nitrogens with zero attached hydrogens (tertiary/aromatic N) is 1. The minimum Gasteiger partial charge on any atom is -0.508 e. The third-order valence-electron chi connectivity index (χ3n) is 8.58. The number of carbonyl (C=O) groups is 5. The van der Waals surface area contributed by atoms with E-state index < -0.39 is 46.5 Å². The van der Waals surface area contributed by atoms with Crippen molar-refractivity contribution in [3.05, 3.63) is 103 Å². The van der Waals surface area contributed by atoms with E-state index in [0.29, 0.717) is 22.9 Å². The van der Waals surface area contributed by atoms with E-state index in [1.807, 2.05) is 0 Å². The highest BCUT2D eigenvalue weighted by atomic mass is 16.7. The number of aromatic hydroxyl groups is 2. The quantitative estimate of drug-likeness (QED) is 0.223. The number of nitrogens with one attached hydrogen (secondary N) is 1. The van der Waals surface area contributed by atoms with E-state index >= 15 is 0 Å². The monoisotopic (exact) mass is 620 g/mol. The lowest BCUT2D eigenvalue weighted by molar-refractivity contribution is -0.110. The van der Waals surface area contributed by atoms with Crippen molar-refractivity contribution in [3.8, 4) is 17.2 Å². The van der Waals surface area contributed by atoms with Crippen molar-refractivity contribution in [2.45, 2.75) is 19.8 Å².